The molecule has 0 bridgehead atoms. The lowest BCUT2D eigenvalue weighted by molar-refractivity contribution is -0.384. The minimum atomic E-state index is -0.749. The summed E-state index contributed by atoms with van der Waals surface area (Å²) in [6.45, 7) is 1.84. The van der Waals surface area contributed by atoms with Crippen molar-refractivity contribution >= 4 is 33.6 Å². The van der Waals surface area contributed by atoms with E-state index in [1.807, 2.05) is 19.1 Å². The summed E-state index contributed by atoms with van der Waals surface area (Å²) in [5.74, 6) is 1.09. The first-order valence-electron chi connectivity index (χ1n) is 10.8. The third-order valence-corrected chi connectivity index (χ3v) is 7.31. The van der Waals surface area contributed by atoms with Crippen LogP contribution in [-0.2, 0) is 10.2 Å². The zero-order valence-corrected chi connectivity index (χ0v) is 19.5. The van der Waals surface area contributed by atoms with Crippen molar-refractivity contribution < 1.29 is 14.5 Å². The van der Waals surface area contributed by atoms with Gasteiger partial charge in [0.05, 0.1) is 23.1 Å². The molecule has 2 aromatic heterocycles. The SMILES string of the molecule is COc1ccc(-c2nn3c(C)nnc3s2)cc1NC(=O)C1(c2ccc([N+](=O)[O-])cc2)CCCC1. The number of nitro groups is 1. The van der Waals surface area contributed by atoms with Crippen molar-refractivity contribution in [2.45, 2.75) is 38.0 Å². The van der Waals surface area contributed by atoms with E-state index in [1.54, 1.807) is 29.8 Å². The molecule has 11 heteroatoms. The number of hydrogen-bond donors (Lipinski definition) is 1. The van der Waals surface area contributed by atoms with Crippen LogP contribution in [0.1, 0.15) is 37.1 Å². The van der Waals surface area contributed by atoms with Gasteiger partial charge in [0.15, 0.2) is 5.82 Å². The van der Waals surface area contributed by atoms with Gasteiger partial charge in [0.1, 0.15) is 10.8 Å². The quantitative estimate of drug-likeness (QED) is 0.319. The zero-order valence-electron chi connectivity index (χ0n) is 18.6. The maximum absolute atomic E-state index is 13.7. The van der Waals surface area contributed by atoms with Crippen LogP contribution in [0.3, 0.4) is 0 Å². The number of aromatic nitrogens is 4. The number of carbonyl (C=O) groups excluding carboxylic acids is 1. The molecule has 0 atom stereocenters. The van der Waals surface area contributed by atoms with Crippen LogP contribution < -0.4 is 10.1 Å². The van der Waals surface area contributed by atoms with Crippen molar-refractivity contribution in [2.24, 2.45) is 0 Å². The second-order valence-electron chi connectivity index (χ2n) is 8.31. The molecule has 0 spiro atoms. The summed E-state index contributed by atoms with van der Waals surface area (Å²) in [5, 5.41) is 27.6. The molecule has 1 aliphatic rings. The number of nitro benzene ring substituents is 1. The Labute approximate surface area is 198 Å². The summed E-state index contributed by atoms with van der Waals surface area (Å²) in [6.07, 6.45) is 3.17. The van der Waals surface area contributed by atoms with Crippen LogP contribution in [0.15, 0.2) is 42.5 Å². The summed E-state index contributed by atoms with van der Waals surface area (Å²) in [5.41, 5.74) is 1.41. The maximum atomic E-state index is 13.7. The van der Waals surface area contributed by atoms with Gasteiger partial charge in [0.25, 0.3) is 5.69 Å². The van der Waals surface area contributed by atoms with Gasteiger partial charge in [0, 0.05) is 17.7 Å². The van der Waals surface area contributed by atoms with Crippen molar-refractivity contribution in [3.05, 3.63) is 64.0 Å². The largest absolute Gasteiger partial charge is 0.495 e. The maximum Gasteiger partial charge on any atom is 0.269 e. The molecule has 5 rings (SSSR count). The zero-order chi connectivity index (χ0) is 23.9. The van der Waals surface area contributed by atoms with Crippen LogP contribution in [-0.4, -0.2) is 37.8 Å². The van der Waals surface area contributed by atoms with Crippen molar-refractivity contribution in [3.8, 4) is 16.3 Å². The minimum Gasteiger partial charge on any atom is -0.495 e. The van der Waals surface area contributed by atoms with E-state index in [9.17, 15) is 14.9 Å². The molecule has 2 aromatic carbocycles. The molecule has 1 aliphatic carbocycles. The number of nitrogens with zero attached hydrogens (tertiary/aromatic N) is 5. The van der Waals surface area contributed by atoms with Gasteiger partial charge in [-0.25, -0.2) is 0 Å². The standard InChI is InChI=1S/C23H22N6O4S/c1-14-25-26-22-28(14)27-20(34-22)15-5-10-19(33-2)18(13-15)24-21(30)23(11-3-4-12-23)16-6-8-17(9-7-16)29(31)32/h5-10,13H,3-4,11-12H2,1-2H3,(H,24,30). The Bertz CT molecular complexity index is 1390. The highest BCUT2D eigenvalue weighted by atomic mass is 32.1. The van der Waals surface area contributed by atoms with Crippen molar-refractivity contribution in [1.29, 1.82) is 0 Å². The van der Waals surface area contributed by atoms with E-state index in [-0.39, 0.29) is 11.6 Å². The molecule has 4 aromatic rings. The second-order valence-corrected chi connectivity index (χ2v) is 9.27. The summed E-state index contributed by atoms with van der Waals surface area (Å²) in [6, 6.07) is 11.8. The Morgan fingerprint density at radius 1 is 1.18 bits per heavy atom. The van der Waals surface area contributed by atoms with E-state index in [1.165, 1.54) is 23.5 Å². The molecule has 34 heavy (non-hydrogen) atoms. The number of anilines is 1. The fourth-order valence-electron chi connectivity index (χ4n) is 4.54. The van der Waals surface area contributed by atoms with Crippen LogP contribution in [0.5, 0.6) is 5.75 Å². The molecule has 1 N–H and O–H groups in total. The number of aryl methyl sites for hydroxylation is 1. The second kappa shape index (κ2) is 8.49. The first kappa shape index (κ1) is 22.0. The summed E-state index contributed by atoms with van der Waals surface area (Å²) in [4.78, 5) is 25.0. The van der Waals surface area contributed by atoms with Crippen LogP contribution in [0.4, 0.5) is 11.4 Å². The van der Waals surface area contributed by atoms with Gasteiger partial charge in [0.2, 0.25) is 10.9 Å². The van der Waals surface area contributed by atoms with Crippen molar-refractivity contribution in [2.75, 3.05) is 12.4 Å². The van der Waals surface area contributed by atoms with E-state index in [0.29, 0.717) is 35.1 Å². The molecule has 2 heterocycles. The number of rotatable bonds is 6. The van der Waals surface area contributed by atoms with Gasteiger partial charge >= 0.3 is 0 Å². The number of benzene rings is 2. The van der Waals surface area contributed by atoms with E-state index in [2.05, 4.69) is 20.6 Å². The monoisotopic (exact) mass is 478 g/mol. The molecular formula is C23H22N6O4S. The third-order valence-electron chi connectivity index (χ3n) is 6.36. The van der Waals surface area contributed by atoms with Gasteiger partial charge in [-0.05, 0) is 43.5 Å². The number of carbonyl (C=O) groups is 1. The smallest absolute Gasteiger partial charge is 0.269 e. The van der Waals surface area contributed by atoms with Gasteiger partial charge in [-0.2, -0.15) is 9.61 Å². The Balaban J connectivity index is 1.48. The van der Waals surface area contributed by atoms with Gasteiger partial charge in [-0.1, -0.05) is 36.3 Å². The van der Waals surface area contributed by atoms with E-state index in [0.717, 1.165) is 29.0 Å². The van der Waals surface area contributed by atoms with Crippen molar-refractivity contribution in [1.82, 2.24) is 19.8 Å². The first-order chi connectivity index (χ1) is 16.4. The average molecular weight is 479 g/mol. The predicted molar refractivity (Wildman–Crippen MR) is 127 cm³/mol. The third kappa shape index (κ3) is 3.67. The molecule has 0 aliphatic heterocycles. The Morgan fingerprint density at radius 2 is 1.91 bits per heavy atom. The number of methoxy groups -OCH3 is 1. The fraction of sp³-hybridized carbons (Fsp3) is 0.304. The molecule has 1 amide bonds. The lowest BCUT2D eigenvalue weighted by Gasteiger charge is -2.28. The van der Waals surface area contributed by atoms with Crippen LogP contribution >= 0.6 is 11.3 Å². The number of amides is 1. The molecule has 1 saturated carbocycles. The van der Waals surface area contributed by atoms with Crippen LogP contribution in [0, 0.1) is 17.0 Å². The lowest BCUT2D eigenvalue weighted by atomic mass is 9.78. The van der Waals surface area contributed by atoms with Gasteiger partial charge < -0.3 is 10.1 Å². The molecular weight excluding hydrogens is 456 g/mol. The molecule has 0 radical (unpaired) electrons. The van der Waals surface area contributed by atoms with Crippen LogP contribution in [0.25, 0.3) is 15.5 Å². The molecule has 0 saturated heterocycles. The fourth-order valence-corrected chi connectivity index (χ4v) is 5.42. The first-order valence-corrected chi connectivity index (χ1v) is 11.7. The van der Waals surface area contributed by atoms with Gasteiger partial charge in [-0.3, -0.25) is 14.9 Å². The van der Waals surface area contributed by atoms with E-state index >= 15 is 0 Å². The highest BCUT2D eigenvalue weighted by Crippen LogP contribution is 2.43. The highest BCUT2D eigenvalue weighted by Gasteiger charge is 2.43. The Hall–Kier alpha value is -3.86. The molecule has 0 unspecified atom stereocenters. The Kier molecular flexibility index (Phi) is 5.48. The normalized spacial score (nSPS) is 14.9. The molecule has 174 valence electrons. The number of non-ortho nitro benzene ring substituents is 1. The number of fused-ring (bicyclic) bond motifs is 1. The Morgan fingerprint density at radius 3 is 2.56 bits per heavy atom. The van der Waals surface area contributed by atoms with E-state index < -0.39 is 10.3 Å². The van der Waals surface area contributed by atoms with E-state index in [4.69, 9.17) is 4.74 Å². The predicted octanol–water partition coefficient (Wildman–Crippen LogP) is 4.53. The number of ether oxygens (including phenoxy) is 1. The lowest BCUT2D eigenvalue weighted by Crippen LogP contribution is -2.38. The average Bonchev–Trinajstić information content (AvgIpc) is 3.57. The van der Waals surface area contributed by atoms with Gasteiger partial charge in [-0.15, -0.1) is 10.2 Å². The summed E-state index contributed by atoms with van der Waals surface area (Å²) < 4.78 is 7.19. The highest BCUT2D eigenvalue weighted by molar-refractivity contribution is 7.19. The minimum absolute atomic E-state index is 0.00639. The van der Waals surface area contributed by atoms with Crippen LogP contribution in [0.2, 0.25) is 0 Å². The topological polar surface area (TPSA) is 125 Å². The van der Waals surface area contributed by atoms with Crippen molar-refractivity contribution in [3.63, 3.8) is 0 Å². The number of nitrogens with one attached hydrogen (secondary N) is 1. The molecule has 10 nitrogen and oxygen atoms in total. The summed E-state index contributed by atoms with van der Waals surface area (Å²) in [7, 11) is 1.55. The molecule has 1 fully saturated rings. The summed E-state index contributed by atoms with van der Waals surface area (Å²) >= 11 is 1.41. The number of hydrogen-bond acceptors (Lipinski definition) is 8.